The fourth-order valence-electron chi connectivity index (χ4n) is 4.75. The van der Waals surface area contributed by atoms with Crippen LogP contribution in [-0.4, -0.2) is 87.3 Å². The van der Waals surface area contributed by atoms with Gasteiger partial charge >= 0.3 is 0 Å². The summed E-state index contributed by atoms with van der Waals surface area (Å²) in [4.78, 5) is 35.2. The first-order valence-corrected chi connectivity index (χ1v) is 14.4. The van der Waals surface area contributed by atoms with E-state index < -0.39 is 18.2 Å². The molecular weight excluding hydrogens is 523 g/mol. The molecule has 0 aromatic carbocycles. The number of likely N-dealkylation sites (tertiary alicyclic amines) is 1. The molecule has 0 bridgehead atoms. The van der Waals surface area contributed by atoms with Gasteiger partial charge in [-0.2, -0.15) is 11.8 Å². The number of pyridine rings is 2. The van der Waals surface area contributed by atoms with Gasteiger partial charge in [-0.05, 0) is 42.2 Å². The van der Waals surface area contributed by atoms with Crippen LogP contribution in [0.4, 0.5) is 4.39 Å². The molecule has 1 saturated carbocycles. The second-order valence-electron chi connectivity index (χ2n) is 10.3. The van der Waals surface area contributed by atoms with Gasteiger partial charge in [-0.15, -0.1) is 0 Å². The van der Waals surface area contributed by atoms with E-state index in [1.807, 2.05) is 24.0 Å². The number of primary amides is 1. The lowest BCUT2D eigenvalue weighted by Crippen LogP contribution is -2.49. The van der Waals surface area contributed by atoms with E-state index in [0.717, 1.165) is 35.5 Å². The fraction of sp³-hybridized carbons (Fsp3) is 0.481. The van der Waals surface area contributed by atoms with Crippen molar-refractivity contribution in [1.82, 2.24) is 25.3 Å². The number of alkyl halides is 1. The topological polar surface area (TPSA) is 123 Å². The summed E-state index contributed by atoms with van der Waals surface area (Å²) in [7, 11) is 0. The van der Waals surface area contributed by atoms with Crippen molar-refractivity contribution >= 4 is 29.1 Å². The SMILES string of the molecule is NC(=O)c1cc(C2=CN(C3CSC3)NC2)cnc1O[C@H]1CCN(C(=O)Cc2ccc(OC3CC3)cn2)C[C@H]1F. The number of hydrogen-bond donors (Lipinski definition) is 2. The van der Waals surface area contributed by atoms with Crippen LogP contribution in [0.3, 0.4) is 0 Å². The number of hydrogen-bond acceptors (Lipinski definition) is 9. The molecule has 3 N–H and O–H groups in total. The van der Waals surface area contributed by atoms with Crippen molar-refractivity contribution in [2.75, 3.05) is 31.1 Å². The molecule has 2 atom stereocenters. The molecular formula is C27H31FN6O4S. The molecule has 10 nitrogen and oxygen atoms in total. The summed E-state index contributed by atoms with van der Waals surface area (Å²) < 4.78 is 26.7. The Morgan fingerprint density at radius 3 is 2.67 bits per heavy atom. The molecule has 3 aliphatic heterocycles. The lowest BCUT2D eigenvalue weighted by molar-refractivity contribution is -0.134. The van der Waals surface area contributed by atoms with E-state index >= 15 is 4.39 Å². The highest BCUT2D eigenvalue weighted by Gasteiger charge is 2.34. The average molecular weight is 555 g/mol. The second kappa shape index (κ2) is 11.0. The predicted molar refractivity (Wildman–Crippen MR) is 144 cm³/mol. The van der Waals surface area contributed by atoms with Gasteiger partial charge in [-0.3, -0.25) is 14.6 Å². The lowest BCUT2D eigenvalue weighted by Gasteiger charge is -2.34. The van der Waals surface area contributed by atoms with Gasteiger partial charge in [-0.25, -0.2) is 14.8 Å². The molecule has 2 saturated heterocycles. The van der Waals surface area contributed by atoms with E-state index in [1.54, 1.807) is 24.5 Å². The van der Waals surface area contributed by atoms with Gasteiger partial charge in [-0.1, -0.05) is 0 Å². The van der Waals surface area contributed by atoms with E-state index in [-0.39, 0.29) is 42.8 Å². The number of nitrogens with two attached hydrogens (primary N) is 1. The summed E-state index contributed by atoms with van der Waals surface area (Å²) in [6.07, 6.45) is 5.73. The van der Waals surface area contributed by atoms with Gasteiger partial charge in [0.25, 0.3) is 5.91 Å². The Kier molecular flexibility index (Phi) is 7.30. The van der Waals surface area contributed by atoms with Crippen molar-refractivity contribution in [1.29, 1.82) is 0 Å². The second-order valence-corrected chi connectivity index (χ2v) is 11.4. The minimum absolute atomic E-state index is 0.00943. The van der Waals surface area contributed by atoms with E-state index in [0.29, 0.717) is 30.6 Å². The van der Waals surface area contributed by atoms with Crippen molar-refractivity contribution in [3.63, 3.8) is 0 Å². The fourth-order valence-corrected chi connectivity index (χ4v) is 5.51. The molecule has 12 heteroatoms. The van der Waals surface area contributed by atoms with Gasteiger partial charge < -0.3 is 25.1 Å². The van der Waals surface area contributed by atoms with Crippen LogP contribution < -0.4 is 20.6 Å². The van der Waals surface area contributed by atoms with Crippen molar-refractivity contribution in [2.45, 2.75) is 50.1 Å². The van der Waals surface area contributed by atoms with Gasteiger partial charge in [0.1, 0.15) is 17.4 Å². The number of thioether (sulfide) groups is 1. The summed E-state index contributed by atoms with van der Waals surface area (Å²) in [6, 6.07) is 5.68. The number of halogens is 1. The zero-order valence-corrected chi connectivity index (χ0v) is 22.2. The summed E-state index contributed by atoms with van der Waals surface area (Å²) in [5.74, 6) is 1.95. The van der Waals surface area contributed by atoms with E-state index in [2.05, 4.69) is 20.4 Å². The van der Waals surface area contributed by atoms with Crippen molar-refractivity contribution in [3.05, 3.63) is 53.6 Å². The molecule has 6 rings (SSSR count). The zero-order valence-electron chi connectivity index (χ0n) is 21.4. The highest BCUT2D eigenvalue weighted by Crippen LogP contribution is 2.30. The number of nitrogens with zero attached hydrogens (tertiary/aromatic N) is 4. The Balaban J connectivity index is 1.06. The Hall–Kier alpha value is -3.38. The molecule has 0 unspecified atom stereocenters. The van der Waals surface area contributed by atoms with Crippen LogP contribution >= 0.6 is 11.8 Å². The third kappa shape index (κ3) is 5.96. The first-order chi connectivity index (χ1) is 18.9. The van der Waals surface area contributed by atoms with Crippen LogP contribution in [0.25, 0.3) is 5.57 Å². The standard InChI is InChI=1S/C27H31FN6O4S/c28-23-13-33(25(35)8-18-1-2-21(11-30-18)37-20-3-4-20)6-5-24(23)38-27-22(26(29)36)7-16(9-31-27)17-10-32-34(12-17)19-14-39-15-19/h1-2,7,9,11-12,19-20,23-24,32H,3-6,8,10,13-15H2,(H2,29,36)/t23-,24+/m1/s1. The van der Waals surface area contributed by atoms with Crippen LogP contribution in [0.1, 0.15) is 40.9 Å². The van der Waals surface area contributed by atoms with E-state index in [9.17, 15) is 9.59 Å². The van der Waals surface area contributed by atoms with Gasteiger partial charge in [0.05, 0.1) is 31.3 Å². The molecule has 3 fully saturated rings. The Bertz CT molecular complexity index is 1270. The normalized spacial score (nSPS) is 23.3. The first-order valence-electron chi connectivity index (χ1n) is 13.2. The number of carbonyl (C=O) groups is 2. The van der Waals surface area contributed by atoms with Gasteiger partial charge in [0.2, 0.25) is 11.8 Å². The quantitative estimate of drug-likeness (QED) is 0.479. The average Bonchev–Trinajstić information content (AvgIpc) is 3.59. The number of hydrazine groups is 1. The highest BCUT2D eigenvalue weighted by molar-refractivity contribution is 8.00. The number of nitrogens with one attached hydrogen (secondary N) is 1. The van der Waals surface area contributed by atoms with Gasteiger partial charge in [0.15, 0.2) is 6.17 Å². The Morgan fingerprint density at radius 1 is 1.15 bits per heavy atom. The Morgan fingerprint density at radius 2 is 2.00 bits per heavy atom. The van der Waals surface area contributed by atoms with Crippen LogP contribution in [0.2, 0.25) is 0 Å². The summed E-state index contributed by atoms with van der Waals surface area (Å²) in [5.41, 5.74) is 11.4. The van der Waals surface area contributed by atoms with E-state index in [4.69, 9.17) is 15.2 Å². The number of rotatable bonds is 9. The highest BCUT2D eigenvalue weighted by atomic mass is 32.2. The van der Waals surface area contributed by atoms with Crippen molar-refractivity contribution < 1.29 is 23.5 Å². The number of aromatic nitrogens is 2. The third-order valence-corrected chi connectivity index (χ3v) is 8.54. The lowest BCUT2D eigenvalue weighted by atomic mass is 10.0. The largest absolute Gasteiger partial charge is 0.489 e. The molecule has 206 valence electrons. The molecule has 2 aromatic heterocycles. The summed E-state index contributed by atoms with van der Waals surface area (Å²) >= 11 is 1.90. The molecule has 0 radical (unpaired) electrons. The number of piperidine rings is 1. The first kappa shape index (κ1) is 25.9. The minimum atomic E-state index is -1.44. The molecule has 2 amide bonds. The number of carbonyl (C=O) groups excluding carboxylic acids is 2. The van der Waals surface area contributed by atoms with Crippen LogP contribution in [0.15, 0.2) is 36.8 Å². The molecule has 39 heavy (non-hydrogen) atoms. The molecule has 1 aliphatic carbocycles. The third-order valence-electron chi connectivity index (χ3n) is 7.30. The van der Waals surface area contributed by atoms with Crippen molar-refractivity contribution in [2.24, 2.45) is 5.73 Å². The summed E-state index contributed by atoms with van der Waals surface area (Å²) in [6.45, 7) is 0.836. The smallest absolute Gasteiger partial charge is 0.254 e. The zero-order chi connectivity index (χ0) is 26.9. The monoisotopic (exact) mass is 554 g/mol. The van der Waals surface area contributed by atoms with Crippen LogP contribution in [-0.2, 0) is 11.2 Å². The minimum Gasteiger partial charge on any atom is -0.489 e. The molecule has 2 aromatic rings. The Labute approximate surface area is 230 Å². The number of amides is 2. The maximum atomic E-state index is 15.2. The van der Waals surface area contributed by atoms with Crippen molar-refractivity contribution in [3.8, 4) is 11.6 Å². The van der Waals surface area contributed by atoms with Crippen LogP contribution in [0.5, 0.6) is 11.6 Å². The van der Waals surface area contributed by atoms with Gasteiger partial charge in [0, 0.05) is 49.1 Å². The molecule has 0 spiro atoms. The maximum absolute atomic E-state index is 15.2. The predicted octanol–water partition coefficient (Wildman–Crippen LogP) is 1.95. The maximum Gasteiger partial charge on any atom is 0.254 e. The molecule has 4 aliphatic rings. The molecule has 5 heterocycles. The number of ether oxygens (including phenoxy) is 2. The summed E-state index contributed by atoms with van der Waals surface area (Å²) in [5, 5.41) is 2.09. The van der Waals surface area contributed by atoms with E-state index in [1.165, 1.54) is 4.90 Å². The van der Waals surface area contributed by atoms with Crippen LogP contribution in [0, 0.1) is 0 Å².